The molecule has 3 saturated carbocycles. The Bertz CT molecular complexity index is 680. The standard InChI is InChI=1S/C18H26N4O2/c1-10-13-8-12(18(13,3)4)9-14(10)19-17(23)22-7-5-6-15(22)16-21-20-11(2)24-16/h12-15H,1,5-9H2,2-4H3,(H,19,23)/t12-,13+,14?,15?/m1/s1. The third-order valence-electron chi connectivity index (χ3n) is 6.52. The predicted molar refractivity (Wildman–Crippen MR) is 89.2 cm³/mol. The van der Waals surface area contributed by atoms with E-state index < -0.39 is 0 Å². The summed E-state index contributed by atoms with van der Waals surface area (Å²) < 4.78 is 5.55. The van der Waals surface area contributed by atoms with Crippen molar-refractivity contribution in [1.82, 2.24) is 20.4 Å². The van der Waals surface area contributed by atoms with Gasteiger partial charge in [-0.1, -0.05) is 26.0 Å². The van der Waals surface area contributed by atoms with Gasteiger partial charge in [0.1, 0.15) is 6.04 Å². The van der Waals surface area contributed by atoms with Gasteiger partial charge >= 0.3 is 6.03 Å². The third kappa shape index (κ3) is 2.26. The van der Waals surface area contributed by atoms with Gasteiger partial charge in [-0.05, 0) is 42.9 Å². The van der Waals surface area contributed by atoms with Gasteiger partial charge in [0.2, 0.25) is 11.8 Å². The molecule has 2 heterocycles. The van der Waals surface area contributed by atoms with Crippen molar-refractivity contribution in [2.75, 3.05) is 6.54 Å². The van der Waals surface area contributed by atoms with Crippen molar-refractivity contribution < 1.29 is 9.21 Å². The second-order valence-corrected chi connectivity index (χ2v) is 8.13. The fourth-order valence-corrected chi connectivity index (χ4v) is 4.82. The van der Waals surface area contributed by atoms with Crippen LogP contribution in [0.15, 0.2) is 16.6 Å². The molecule has 6 heteroatoms. The van der Waals surface area contributed by atoms with Crippen molar-refractivity contribution >= 4 is 6.03 Å². The first-order valence-electron chi connectivity index (χ1n) is 8.93. The fourth-order valence-electron chi connectivity index (χ4n) is 4.82. The van der Waals surface area contributed by atoms with Crippen LogP contribution in [0.4, 0.5) is 4.79 Å². The average Bonchev–Trinajstić information content (AvgIpc) is 3.16. The molecule has 2 bridgehead atoms. The highest BCUT2D eigenvalue weighted by Crippen LogP contribution is 2.60. The van der Waals surface area contributed by atoms with Crippen LogP contribution in [0.1, 0.15) is 57.4 Å². The normalized spacial score (nSPS) is 34.1. The van der Waals surface area contributed by atoms with Crippen molar-refractivity contribution in [3.05, 3.63) is 23.9 Å². The largest absolute Gasteiger partial charge is 0.423 e. The Morgan fingerprint density at radius 1 is 1.38 bits per heavy atom. The first-order chi connectivity index (χ1) is 11.4. The van der Waals surface area contributed by atoms with Crippen molar-refractivity contribution in [2.24, 2.45) is 17.3 Å². The zero-order valence-corrected chi connectivity index (χ0v) is 14.7. The van der Waals surface area contributed by atoms with Crippen LogP contribution in [0.5, 0.6) is 0 Å². The van der Waals surface area contributed by atoms with Gasteiger partial charge in [-0.3, -0.25) is 0 Å². The molecule has 1 saturated heterocycles. The summed E-state index contributed by atoms with van der Waals surface area (Å²) in [4.78, 5) is 14.7. The number of rotatable bonds is 2. The first-order valence-corrected chi connectivity index (χ1v) is 8.93. The molecule has 24 heavy (non-hydrogen) atoms. The Hall–Kier alpha value is -1.85. The van der Waals surface area contributed by atoms with E-state index in [4.69, 9.17) is 4.42 Å². The molecule has 1 aliphatic heterocycles. The molecule has 1 N–H and O–H groups in total. The SMILES string of the molecule is C=C1C(NC(=O)N2CCCC2c2nnc(C)o2)C[C@H]2C[C@@H]1C2(C)C. The monoisotopic (exact) mass is 330 g/mol. The summed E-state index contributed by atoms with van der Waals surface area (Å²) in [5.74, 6) is 2.31. The second-order valence-electron chi connectivity index (χ2n) is 8.13. The molecule has 4 fully saturated rings. The van der Waals surface area contributed by atoms with Crippen LogP contribution >= 0.6 is 0 Å². The van der Waals surface area contributed by atoms with E-state index in [0.29, 0.717) is 29.0 Å². The van der Waals surface area contributed by atoms with E-state index in [1.807, 2.05) is 4.90 Å². The average molecular weight is 330 g/mol. The maximum atomic E-state index is 12.8. The Morgan fingerprint density at radius 2 is 2.17 bits per heavy atom. The summed E-state index contributed by atoms with van der Waals surface area (Å²) in [7, 11) is 0. The number of hydrogen-bond donors (Lipinski definition) is 1. The first kappa shape index (κ1) is 15.7. The van der Waals surface area contributed by atoms with Crippen molar-refractivity contribution in [2.45, 2.75) is 58.5 Å². The third-order valence-corrected chi connectivity index (χ3v) is 6.52. The number of fused-ring (bicyclic) bond motifs is 2. The molecule has 0 spiro atoms. The number of hydrogen-bond acceptors (Lipinski definition) is 4. The number of amides is 2. The van der Waals surface area contributed by atoms with Crippen molar-refractivity contribution in [3.63, 3.8) is 0 Å². The number of carbonyl (C=O) groups is 1. The van der Waals surface area contributed by atoms with Crippen LogP contribution in [0.3, 0.4) is 0 Å². The van der Waals surface area contributed by atoms with Gasteiger partial charge in [0.15, 0.2) is 0 Å². The van der Waals surface area contributed by atoms with Crippen molar-refractivity contribution in [3.8, 4) is 0 Å². The van der Waals surface area contributed by atoms with Crippen molar-refractivity contribution in [1.29, 1.82) is 0 Å². The van der Waals surface area contributed by atoms with Gasteiger partial charge < -0.3 is 14.6 Å². The maximum absolute atomic E-state index is 12.8. The summed E-state index contributed by atoms with van der Waals surface area (Å²) in [5.41, 5.74) is 1.54. The Labute approximate surface area is 142 Å². The van der Waals surface area contributed by atoms with Crippen LogP contribution in [0, 0.1) is 24.2 Å². The van der Waals surface area contributed by atoms with E-state index in [1.54, 1.807) is 6.92 Å². The highest BCUT2D eigenvalue weighted by Gasteiger charge is 2.55. The summed E-state index contributed by atoms with van der Waals surface area (Å²) in [6.45, 7) is 11.4. The minimum absolute atomic E-state index is 0.0291. The predicted octanol–water partition coefficient (Wildman–Crippen LogP) is 3.22. The van der Waals surface area contributed by atoms with Gasteiger partial charge in [-0.15, -0.1) is 10.2 Å². The molecular formula is C18H26N4O2. The van der Waals surface area contributed by atoms with E-state index in [-0.39, 0.29) is 18.1 Å². The van der Waals surface area contributed by atoms with E-state index in [1.165, 1.54) is 12.0 Å². The highest BCUT2D eigenvalue weighted by molar-refractivity contribution is 5.76. The number of likely N-dealkylation sites (tertiary alicyclic amines) is 1. The summed E-state index contributed by atoms with van der Waals surface area (Å²) in [5, 5.41) is 11.2. The molecule has 4 atom stereocenters. The number of carbonyl (C=O) groups excluding carboxylic acids is 1. The number of nitrogens with one attached hydrogen (secondary N) is 1. The molecule has 4 aliphatic rings. The smallest absolute Gasteiger partial charge is 0.318 e. The molecule has 2 unspecified atom stereocenters. The molecule has 0 aromatic carbocycles. The molecule has 2 amide bonds. The van der Waals surface area contributed by atoms with Gasteiger partial charge in [0, 0.05) is 13.5 Å². The molecule has 5 rings (SSSR count). The Kier molecular flexibility index (Phi) is 3.48. The lowest BCUT2D eigenvalue weighted by molar-refractivity contribution is -0.0374. The zero-order chi connectivity index (χ0) is 17.1. The summed E-state index contributed by atoms with van der Waals surface area (Å²) >= 11 is 0. The lowest BCUT2D eigenvalue weighted by Crippen LogP contribution is -2.58. The molecular weight excluding hydrogens is 304 g/mol. The van der Waals surface area contributed by atoms with E-state index >= 15 is 0 Å². The van der Waals surface area contributed by atoms with Gasteiger partial charge in [-0.2, -0.15) is 0 Å². The summed E-state index contributed by atoms with van der Waals surface area (Å²) in [6, 6.07) is -0.0346. The van der Waals surface area contributed by atoms with Gasteiger partial charge in [-0.25, -0.2) is 4.79 Å². The Balaban J connectivity index is 1.44. The van der Waals surface area contributed by atoms with Crippen LogP contribution in [-0.2, 0) is 0 Å². The zero-order valence-electron chi connectivity index (χ0n) is 14.7. The summed E-state index contributed by atoms with van der Waals surface area (Å²) in [6.07, 6.45) is 4.07. The molecule has 1 aromatic rings. The maximum Gasteiger partial charge on any atom is 0.318 e. The van der Waals surface area contributed by atoms with Gasteiger partial charge in [0.25, 0.3) is 0 Å². The minimum Gasteiger partial charge on any atom is -0.423 e. The topological polar surface area (TPSA) is 71.3 Å². The highest BCUT2D eigenvalue weighted by atomic mass is 16.4. The number of urea groups is 1. The number of nitrogens with zero attached hydrogens (tertiary/aromatic N) is 3. The molecule has 6 nitrogen and oxygen atoms in total. The molecule has 3 aliphatic carbocycles. The van der Waals surface area contributed by atoms with Crippen LogP contribution in [-0.4, -0.2) is 33.7 Å². The Morgan fingerprint density at radius 3 is 2.79 bits per heavy atom. The van der Waals surface area contributed by atoms with Gasteiger partial charge in [0.05, 0.1) is 6.04 Å². The minimum atomic E-state index is -0.103. The van der Waals surface area contributed by atoms with E-state index in [2.05, 4.69) is 35.9 Å². The van der Waals surface area contributed by atoms with E-state index in [9.17, 15) is 4.79 Å². The quantitative estimate of drug-likeness (QED) is 0.845. The van der Waals surface area contributed by atoms with Crippen LogP contribution < -0.4 is 5.32 Å². The molecule has 0 radical (unpaired) electrons. The number of aryl methyl sites for hydroxylation is 1. The molecule has 1 aromatic heterocycles. The molecule has 130 valence electrons. The van der Waals surface area contributed by atoms with E-state index in [0.717, 1.165) is 25.8 Å². The second kappa shape index (κ2) is 5.33. The lowest BCUT2D eigenvalue weighted by Gasteiger charge is -2.60. The van der Waals surface area contributed by atoms with Crippen LogP contribution in [0.2, 0.25) is 0 Å². The van der Waals surface area contributed by atoms with Crippen LogP contribution in [0.25, 0.3) is 0 Å². The lowest BCUT2D eigenvalue weighted by atomic mass is 9.46. The fraction of sp³-hybridized carbons (Fsp3) is 0.722. The number of aromatic nitrogens is 2.